The molecule has 1 aliphatic heterocycles. The van der Waals surface area contributed by atoms with Gasteiger partial charge in [-0.3, -0.25) is 4.79 Å². The number of benzene rings is 2. The quantitative estimate of drug-likeness (QED) is 0.705. The number of methoxy groups -OCH3 is 1. The van der Waals surface area contributed by atoms with Crippen molar-refractivity contribution in [2.75, 3.05) is 50.6 Å². The number of ether oxygens (including phenoxy) is 1. The molecule has 1 saturated heterocycles. The average molecular weight is 393 g/mol. The molecule has 1 N–H and O–H groups in total. The topological polar surface area (TPSA) is 88.4 Å². The van der Waals surface area contributed by atoms with E-state index in [1.807, 2.05) is 30.3 Å². The highest BCUT2D eigenvalue weighted by Crippen LogP contribution is 2.27. The second-order valence-electron chi connectivity index (χ2n) is 6.93. The molecule has 0 radical (unpaired) electrons. The van der Waals surface area contributed by atoms with Crippen LogP contribution in [-0.4, -0.2) is 71.4 Å². The van der Waals surface area contributed by atoms with Crippen LogP contribution in [0.3, 0.4) is 0 Å². The van der Waals surface area contributed by atoms with Gasteiger partial charge >= 0.3 is 0 Å². The molecule has 0 saturated carbocycles. The van der Waals surface area contributed by atoms with Gasteiger partial charge in [-0.05, 0) is 53.9 Å². The van der Waals surface area contributed by atoms with Crippen molar-refractivity contribution in [3.05, 3.63) is 54.4 Å². The van der Waals surface area contributed by atoms with E-state index in [1.54, 1.807) is 19.2 Å². The van der Waals surface area contributed by atoms with E-state index in [2.05, 4.69) is 37.7 Å². The summed E-state index contributed by atoms with van der Waals surface area (Å²) < 4.78 is 6.94. The number of nitrogens with one attached hydrogen (secondary N) is 1. The number of rotatable bonds is 5. The van der Waals surface area contributed by atoms with Gasteiger partial charge in [-0.25, -0.2) is 4.68 Å². The summed E-state index contributed by atoms with van der Waals surface area (Å²) in [6, 6.07) is 13.0. The summed E-state index contributed by atoms with van der Waals surface area (Å²) in [6.45, 7) is 4.07. The molecule has 9 heteroatoms. The van der Waals surface area contributed by atoms with Gasteiger partial charge in [0, 0.05) is 43.5 Å². The molecule has 150 valence electrons. The highest BCUT2D eigenvalue weighted by molar-refractivity contribution is 6.05. The largest absolute Gasteiger partial charge is 0.494 e. The van der Waals surface area contributed by atoms with Crippen LogP contribution in [0.25, 0.3) is 5.69 Å². The van der Waals surface area contributed by atoms with E-state index in [9.17, 15) is 4.79 Å². The number of piperazine rings is 1. The lowest BCUT2D eigenvalue weighted by Gasteiger charge is -2.34. The normalized spacial score (nSPS) is 14.6. The highest BCUT2D eigenvalue weighted by Gasteiger charge is 2.15. The Kier molecular flexibility index (Phi) is 5.39. The monoisotopic (exact) mass is 393 g/mol. The SMILES string of the molecule is COc1cc(-n2cnnn2)ccc1NC(=O)c1ccc(N2CCN(C)CC2)cc1. The molecular weight excluding hydrogens is 370 g/mol. The number of carbonyl (C=O) groups excluding carboxylic acids is 1. The molecule has 4 rings (SSSR count). The van der Waals surface area contributed by atoms with E-state index in [4.69, 9.17) is 4.74 Å². The summed E-state index contributed by atoms with van der Waals surface area (Å²) in [5.41, 5.74) is 3.05. The molecule has 0 atom stereocenters. The number of aromatic nitrogens is 4. The molecule has 0 aliphatic carbocycles. The van der Waals surface area contributed by atoms with Gasteiger partial charge in [-0.1, -0.05) is 0 Å². The summed E-state index contributed by atoms with van der Waals surface area (Å²) in [5, 5.41) is 14.0. The maximum Gasteiger partial charge on any atom is 0.255 e. The summed E-state index contributed by atoms with van der Waals surface area (Å²) >= 11 is 0. The van der Waals surface area contributed by atoms with Crippen molar-refractivity contribution >= 4 is 17.3 Å². The van der Waals surface area contributed by atoms with E-state index in [1.165, 1.54) is 11.0 Å². The van der Waals surface area contributed by atoms with Crippen LogP contribution in [0.5, 0.6) is 5.75 Å². The van der Waals surface area contributed by atoms with Crippen LogP contribution in [0, 0.1) is 0 Å². The number of anilines is 2. The molecule has 0 spiro atoms. The van der Waals surface area contributed by atoms with Gasteiger partial charge in [0.2, 0.25) is 0 Å². The number of likely N-dealkylation sites (N-methyl/N-ethyl adjacent to an activating group) is 1. The van der Waals surface area contributed by atoms with Crippen LogP contribution < -0.4 is 15.0 Å². The van der Waals surface area contributed by atoms with Gasteiger partial charge in [0.1, 0.15) is 12.1 Å². The van der Waals surface area contributed by atoms with Crippen LogP contribution >= 0.6 is 0 Å². The van der Waals surface area contributed by atoms with Crippen molar-refractivity contribution in [3.8, 4) is 11.4 Å². The second kappa shape index (κ2) is 8.27. The molecule has 2 heterocycles. The average Bonchev–Trinajstić information content (AvgIpc) is 3.29. The zero-order valence-electron chi connectivity index (χ0n) is 16.4. The Bertz CT molecular complexity index is 965. The van der Waals surface area contributed by atoms with Gasteiger partial charge in [-0.2, -0.15) is 0 Å². The Balaban J connectivity index is 1.46. The molecule has 1 aromatic heterocycles. The van der Waals surface area contributed by atoms with Gasteiger partial charge < -0.3 is 19.9 Å². The molecule has 1 aliphatic rings. The first-order valence-electron chi connectivity index (χ1n) is 9.40. The summed E-state index contributed by atoms with van der Waals surface area (Å²) in [7, 11) is 3.69. The second-order valence-corrected chi connectivity index (χ2v) is 6.93. The van der Waals surface area contributed by atoms with E-state index in [0.717, 1.165) is 37.6 Å². The number of nitrogens with zero attached hydrogens (tertiary/aromatic N) is 6. The molecule has 29 heavy (non-hydrogen) atoms. The fourth-order valence-corrected chi connectivity index (χ4v) is 3.29. The van der Waals surface area contributed by atoms with Crippen molar-refractivity contribution in [1.29, 1.82) is 0 Å². The van der Waals surface area contributed by atoms with Gasteiger partial charge in [-0.15, -0.1) is 5.10 Å². The number of hydrogen-bond donors (Lipinski definition) is 1. The van der Waals surface area contributed by atoms with Crippen LogP contribution in [-0.2, 0) is 0 Å². The maximum atomic E-state index is 12.7. The van der Waals surface area contributed by atoms with Gasteiger partial charge in [0.15, 0.2) is 0 Å². The highest BCUT2D eigenvalue weighted by atomic mass is 16.5. The zero-order valence-corrected chi connectivity index (χ0v) is 16.4. The predicted molar refractivity (Wildman–Crippen MR) is 110 cm³/mol. The Morgan fingerprint density at radius 2 is 1.76 bits per heavy atom. The van der Waals surface area contributed by atoms with Crippen molar-refractivity contribution < 1.29 is 9.53 Å². The van der Waals surface area contributed by atoms with E-state index in [0.29, 0.717) is 17.0 Å². The number of tetrazole rings is 1. The molecule has 1 amide bonds. The van der Waals surface area contributed by atoms with Crippen molar-refractivity contribution in [2.45, 2.75) is 0 Å². The van der Waals surface area contributed by atoms with Crippen molar-refractivity contribution in [3.63, 3.8) is 0 Å². The lowest BCUT2D eigenvalue weighted by atomic mass is 10.1. The third-order valence-corrected chi connectivity index (χ3v) is 5.04. The van der Waals surface area contributed by atoms with E-state index < -0.39 is 0 Å². The first kappa shape index (κ1) is 18.9. The molecule has 0 bridgehead atoms. The lowest BCUT2D eigenvalue weighted by molar-refractivity contribution is 0.102. The zero-order chi connectivity index (χ0) is 20.2. The minimum Gasteiger partial charge on any atom is -0.494 e. The summed E-state index contributed by atoms with van der Waals surface area (Å²) in [4.78, 5) is 17.4. The third kappa shape index (κ3) is 4.19. The van der Waals surface area contributed by atoms with Crippen molar-refractivity contribution in [1.82, 2.24) is 25.1 Å². The predicted octanol–water partition coefficient (Wildman–Crippen LogP) is 1.67. The fraction of sp³-hybridized carbons (Fsp3) is 0.300. The molecule has 0 unspecified atom stereocenters. The van der Waals surface area contributed by atoms with Gasteiger partial charge in [0.05, 0.1) is 18.5 Å². The Hall–Kier alpha value is -3.46. The number of carbonyl (C=O) groups is 1. The molecule has 9 nitrogen and oxygen atoms in total. The maximum absolute atomic E-state index is 12.7. The number of hydrogen-bond acceptors (Lipinski definition) is 7. The lowest BCUT2D eigenvalue weighted by Crippen LogP contribution is -2.44. The molecular formula is C20H23N7O2. The molecule has 3 aromatic rings. The first-order valence-corrected chi connectivity index (χ1v) is 9.40. The minimum atomic E-state index is -0.191. The van der Waals surface area contributed by atoms with Gasteiger partial charge in [0.25, 0.3) is 5.91 Å². The first-order chi connectivity index (χ1) is 14.1. The fourth-order valence-electron chi connectivity index (χ4n) is 3.29. The van der Waals surface area contributed by atoms with Crippen LogP contribution in [0.15, 0.2) is 48.8 Å². The van der Waals surface area contributed by atoms with Crippen LogP contribution in [0.1, 0.15) is 10.4 Å². The third-order valence-electron chi connectivity index (χ3n) is 5.04. The van der Waals surface area contributed by atoms with E-state index >= 15 is 0 Å². The minimum absolute atomic E-state index is 0.191. The summed E-state index contributed by atoms with van der Waals surface area (Å²) in [6.07, 6.45) is 1.49. The summed E-state index contributed by atoms with van der Waals surface area (Å²) in [5.74, 6) is 0.337. The van der Waals surface area contributed by atoms with E-state index in [-0.39, 0.29) is 5.91 Å². The molecule has 2 aromatic carbocycles. The van der Waals surface area contributed by atoms with Crippen LogP contribution in [0.4, 0.5) is 11.4 Å². The van der Waals surface area contributed by atoms with Crippen LogP contribution in [0.2, 0.25) is 0 Å². The Morgan fingerprint density at radius 1 is 1.03 bits per heavy atom. The standard InChI is InChI=1S/C20H23N7O2/c1-25-9-11-26(12-10-25)16-5-3-15(4-6-16)20(28)22-18-8-7-17(13-19(18)29-2)27-14-21-23-24-27/h3-8,13-14H,9-12H2,1-2H3,(H,22,28). The van der Waals surface area contributed by atoms with Crippen molar-refractivity contribution in [2.24, 2.45) is 0 Å². The number of amides is 1. The smallest absolute Gasteiger partial charge is 0.255 e. The molecule has 1 fully saturated rings. The Labute approximate surface area is 168 Å². The Morgan fingerprint density at radius 3 is 2.41 bits per heavy atom.